The number of aromatic hydroxyl groups is 2. The number of hydrogen-bond acceptors (Lipinski definition) is 18. The maximum absolute atomic E-state index is 9.84. The summed E-state index contributed by atoms with van der Waals surface area (Å²) in [6.45, 7) is -1.21. The van der Waals surface area contributed by atoms with Crippen LogP contribution in [-0.2, 0) is 22.3 Å². The zero-order valence-electron chi connectivity index (χ0n) is 27.5. The van der Waals surface area contributed by atoms with Gasteiger partial charge in [0, 0.05) is 13.2 Å². The molecule has 0 bridgehead atoms. The first-order valence-corrected chi connectivity index (χ1v) is 15.6. The number of phenolic OH excluding ortho intramolecular Hbond substituents is 2. The average Bonchev–Trinajstić information content (AvgIpc) is 3.12. The van der Waals surface area contributed by atoms with Crippen molar-refractivity contribution < 1.29 is 90.4 Å². The smallest absolute Gasteiger partial charge is 0.184 e. The lowest BCUT2D eigenvalue weighted by molar-refractivity contribution is -0.286. The monoisotopic (exact) mass is 722 g/mol. The van der Waals surface area contributed by atoms with Crippen LogP contribution in [0.5, 0.6) is 23.0 Å². The van der Waals surface area contributed by atoms with Crippen LogP contribution >= 0.6 is 0 Å². The predicted octanol–water partition coefficient (Wildman–Crippen LogP) is -4.33. The molecule has 18 nitrogen and oxygen atoms in total. The lowest BCUT2D eigenvalue weighted by Crippen LogP contribution is -2.58. The van der Waals surface area contributed by atoms with Crippen molar-refractivity contribution >= 4 is 0 Å². The van der Waals surface area contributed by atoms with Gasteiger partial charge in [0.25, 0.3) is 0 Å². The number of aliphatic hydroxyl groups is 12. The molecule has 12 atom stereocenters. The van der Waals surface area contributed by atoms with Gasteiger partial charge in [-0.05, 0) is 60.1 Å². The Morgan fingerprint density at radius 2 is 0.880 bits per heavy atom. The molecule has 0 amide bonds. The highest BCUT2D eigenvalue weighted by atomic mass is 16.6. The molecule has 0 saturated carbocycles. The summed E-state index contributed by atoms with van der Waals surface area (Å²) in [6.07, 6.45) is -13.0. The summed E-state index contributed by atoms with van der Waals surface area (Å²) < 4.78 is 19.4. The van der Waals surface area contributed by atoms with Crippen LogP contribution in [0, 0.1) is 11.8 Å². The first-order valence-electron chi connectivity index (χ1n) is 15.6. The largest absolute Gasteiger partial charge is 0.504 e. The van der Waals surface area contributed by atoms with Gasteiger partial charge in [0.1, 0.15) is 48.8 Å². The van der Waals surface area contributed by atoms with Crippen LogP contribution < -0.4 is 9.47 Å². The highest BCUT2D eigenvalue weighted by Gasteiger charge is 2.43. The summed E-state index contributed by atoms with van der Waals surface area (Å²) in [5, 5.41) is 128. The molecule has 2 fully saturated rings. The van der Waals surface area contributed by atoms with Crippen molar-refractivity contribution in [2.75, 3.05) is 40.6 Å². The van der Waals surface area contributed by atoms with Gasteiger partial charge in [0.2, 0.25) is 0 Å². The molecule has 0 unspecified atom stereocenters. The van der Waals surface area contributed by atoms with E-state index in [1.54, 1.807) is 36.4 Å². The topological polar surface area (TPSA) is 320 Å². The van der Waals surface area contributed by atoms with E-state index in [1.807, 2.05) is 0 Å². The van der Waals surface area contributed by atoms with E-state index in [2.05, 4.69) is 9.47 Å². The number of methoxy groups -OCH3 is 2. The minimum absolute atomic E-state index is 0.0618. The highest BCUT2D eigenvalue weighted by Crippen LogP contribution is 2.31. The van der Waals surface area contributed by atoms with Gasteiger partial charge < -0.3 is 90.4 Å². The molecule has 2 saturated heterocycles. The van der Waals surface area contributed by atoms with Crippen molar-refractivity contribution in [3.8, 4) is 23.0 Å². The molecule has 2 aliphatic rings. The Morgan fingerprint density at radius 1 is 0.540 bits per heavy atom. The minimum atomic E-state index is -1.57. The van der Waals surface area contributed by atoms with Gasteiger partial charge in [-0.1, -0.05) is 12.1 Å². The normalized spacial score (nSPS) is 30.5. The average molecular weight is 723 g/mol. The first kappa shape index (κ1) is 43.2. The van der Waals surface area contributed by atoms with Crippen LogP contribution in [0.15, 0.2) is 36.4 Å². The van der Waals surface area contributed by atoms with E-state index < -0.39 is 74.6 Å². The van der Waals surface area contributed by atoms with Gasteiger partial charge in [-0.3, -0.25) is 0 Å². The van der Waals surface area contributed by atoms with Crippen LogP contribution in [0.1, 0.15) is 11.1 Å². The van der Waals surface area contributed by atoms with Gasteiger partial charge in [-0.15, -0.1) is 0 Å². The van der Waals surface area contributed by atoms with Crippen LogP contribution in [0.25, 0.3) is 0 Å². The number of rotatable bonds is 11. The fraction of sp³-hybridized carbons (Fsp3) is 0.625. The summed E-state index contributed by atoms with van der Waals surface area (Å²) in [5.41, 5.74) is 1.81. The Balaban J connectivity index is 0.000000299. The summed E-state index contributed by atoms with van der Waals surface area (Å²) in [4.78, 5) is 0. The zero-order chi connectivity index (χ0) is 37.7. The van der Waals surface area contributed by atoms with Crippen molar-refractivity contribution in [1.29, 1.82) is 0 Å². The molecule has 14 N–H and O–H groups in total. The van der Waals surface area contributed by atoms with Crippen LogP contribution in [0.4, 0.5) is 0 Å². The van der Waals surface area contributed by atoms with E-state index >= 15 is 0 Å². The standard InChI is InChI=1S/C20H26O6.2C6H12O6/c1-25-19-9-13(3-5-17(19)23)7-15(11-21)16(12-22)8-14-4-6-18(24)20(10-14)26-2;2*7-1-2-3(8)4(9)5(10)6(11)12-2/h3-6,9-10,15-16,21-24H,7-8,11-12H2,1-2H3;2*2-11H,1H2/t15-,16-;2*2-,3-,4+,5-,6-/m011/s1. The van der Waals surface area contributed by atoms with E-state index in [0.29, 0.717) is 24.3 Å². The quantitative estimate of drug-likeness (QED) is 0.104. The SMILES string of the molecule is COc1cc(C[C@@H](CO)[C@H](CO)Cc2ccc(O)c(OC)c2)ccc1O.OC[C@H]1O[C@@H](O)[C@H](O)[C@@H](O)[C@@H]1O.OC[C@H]1O[C@@H](O)[C@H](O)[C@@H](O)[C@@H]1O. The fourth-order valence-electron chi connectivity index (χ4n) is 5.23. The highest BCUT2D eigenvalue weighted by molar-refractivity contribution is 5.43. The lowest BCUT2D eigenvalue weighted by atomic mass is 9.83. The molecule has 4 rings (SSSR count). The Hall–Kier alpha value is -2.92. The molecular formula is C32H50O18. The third-order valence-electron chi connectivity index (χ3n) is 8.35. The van der Waals surface area contributed by atoms with Gasteiger partial charge in [-0.2, -0.15) is 0 Å². The minimum Gasteiger partial charge on any atom is -0.504 e. The second-order valence-electron chi connectivity index (χ2n) is 11.7. The molecular weight excluding hydrogens is 672 g/mol. The van der Waals surface area contributed by atoms with Crippen molar-refractivity contribution in [2.45, 2.75) is 74.3 Å². The van der Waals surface area contributed by atoms with Gasteiger partial charge >= 0.3 is 0 Å². The molecule has 50 heavy (non-hydrogen) atoms. The third kappa shape index (κ3) is 11.6. The molecule has 0 radical (unpaired) electrons. The number of ether oxygens (including phenoxy) is 4. The fourth-order valence-corrected chi connectivity index (χ4v) is 5.23. The van der Waals surface area contributed by atoms with E-state index in [4.69, 9.17) is 60.5 Å². The second kappa shape index (κ2) is 20.8. The Labute approximate surface area is 287 Å². The Kier molecular flexibility index (Phi) is 18.0. The van der Waals surface area contributed by atoms with Crippen LogP contribution in [-0.4, -0.2) is 174 Å². The first-order chi connectivity index (χ1) is 23.7. The van der Waals surface area contributed by atoms with Crippen LogP contribution in [0.2, 0.25) is 0 Å². The number of aliphatic hydroxyl groups excluding tert-OH is 12. The second-order valence-corrected chi connectivity index (χ2v) is 11.7. The van der Waals surface area contributed by atoms with Crippen molar-refractivity contribution in [3.05, 3.63) is 47.5 Å². The molecule has 286 valence electrons. The molecule has 18 heteroatoms. The molecule has 0 spiro atoms. The van der Waals surface area contributed by atoms with Gasteiger partial charge in [0.15, 0.2) is 35.6 Å². The lowest BCUT2D eigenvalue weighted by Gasteiger charge is -2.37. The summed E-state index contributed by atoms with van der Waals surface area (Å²) in [7, 11) is 2.97. The maximum atomic E-state index is 9.84. The summed E-state index contributed by atoms with van der Waals surface area (Å²) >= 11 is 0. The number of phenols is 2. The van der Waals surface area contributed by atoms with E-state index in [-0.39, 0.29) is 36.5 Å². The van der Waals surface area contributed by atoms with Crippen molar-refractivity contribution in [2.24, 2.45) is 11.8 Å². The molecule has 2 aromatic carbocycles. The molecule has 0 aliphatic carbocycles. The van der Waals surface area contributed by atoms with Crippen LogP contribution in [0.3, 0.4) is 0 Å². The Morgan fingerprint density at radius 3 is 1.16 bits per heavy atom. The number of hydrogen-bond donors (Lipinski definition) is 14. The third-order valence-corrected chi connectivity index (χ3v) is 8.35. The molecule has 2 aromatic rings. The molecule has 2 heterocycles. The predicted molar refractivity (Wildman–Crippen MR) is 170 cm³/mol. The summed E-state index contributed by atoms with van der Waals surface area (Å²) in [6, 6.07) is 10.1. The molecule has 0 aromatic heterocycles. The van der Waals surface area contributed by atoms with Gasteiger partial charge in [0.05, 0.1) is 27.4 Å². The molecule has 2 aliphatic heterocycles. The van der Waals surface area contributed by atoms with Crippen molar-refractivity contribution in [3.63, 3.8) is 0 Å². The van der Waals surface area contributed by atoms with Gasteiger partial charge in [-0.25, -0.2) is 0 Å². The van der Waals surface area contributed by atoms with Crippen molar-refractivity contribution in [1.82, 2.24) is 0 Å². The zero-order valence-corrected chi connectivity index (χ0v) is 27.5. The van der Waals surface area contributed by atoms with E-state index in [0.717, 1.165) is 11.1 Å². The van der Waals surface area contributed by atoms with E-state index in [9.17, 15) is 20.4 Å². The summed E-state index contributed by atoms with van der Waals surface area (Å²) in [5.74, 6) is 0.535. The maximum Gasteiger partial charge on any atom is 0.184 e. The van der Waals surface area contributed by atoms with E-state index in [1.165, 1.54) is 14.2 Å². The number of benzene rings is 2. The Bertz CT molecular complexity index is 1160.